The molecule has 5 N–H and O–H groups in total. The van der Waals surface area contributed by atoms with Gasteiger partial charge in [0.25, 0.3) is 0 Å². The number of pyridine rings is 1. The molecule has 1 aliphatic carbocycles. The number of rotatable bonds is 6. The Kier molecular flexibility index (Phi) is 7.29. The Morgan fingerprint density at radius 1 is 1.12 bits per heavy atom. The molecule has 0 unspecified atom stereocenters. The first-order valence-electron chi connectivity index (χ1n) is 12.8. The van der Waals surface area contributed by atoms with Crippen LogP contribution in [0.15, 0.2) is 47.5 Å². The van der Waals surface area contributed by atoms with E-state index in [4.69, 9.17) is 20.9 Å². The average molecular weight is 540 g/mol. The Hall–Kier alpha value is -5.04. The number of aromatic carboxylic acids is 1. The summed E-state index contributed by atoms with van der Waals surface area (Å²) >= 11 is 0. The molecule has 10 heteroatoms. The number of aromatic nitrogens is 3. The predicted octanol–water partition coefficient (Wildman–Crippen LogP) is 3.78. The maximum Gasteiger partial charge on any atom is 0.341 e. The van der Waals surface area contributed by atoms with Gasteiger partial charge in [0.15, 0.2) is 11.5 Å². The summed E-state index contributed by atoms with van der Waals surface area (Å²) in [5.41, 5.74) is 14.5. The van der Waals surface area contributed by atoms with Crippen molar-refractivity contribution < 1.29 is 19.4 Å². The molecule has 0 aliphatic heterocycles. The van der Waals surface area contributed by atoms with Crippen LogP contribution in [0.5, 0.6) is 11.5 Å². The molecule has 1 saturated carbocycles. The fraction of sp³-hybridized carbons (Fsp3) is 0.267. The third-order valence-corrected chi connectivity index (χ3v) is 7.17. The van der Waals surface area contributed by atoms with E-state index in [1.165, 1.54) is 6.20 Å². The third kappa shape index (κ3) is 5.14. The van der Waals surface area contributed by atoms with E-state index in [-0.39, 0.29) is 17.6 Å². The highest BCUT2D eigenvalue weighted by Crippen LogP contribution is 2.34. The number of nitrogen functional groups attached to an aromatic ring is 2. The van der Waals surface area contributed by atoms with Crippen LogP contribution in [0.3, 0.4) is 0 Å². The highest BCUT2D eigenvalue weighted by Gasteiger charge is 2.22. The summed E-state index contributed by atoms with van der Waals surface area (Å²) in [7, 11) is 3.10. The second kappa shape index (κ2) is 11.0. The summed E-state index contributed by atoms with van der Waals surface area (Å²) in [6, 6.07) is 9.08. The molecular formula is C30H29N5O5. The van der Waals surface area contributed by atoms with Gasteiger partial charge in [0.1, 0.15) is 11.4 Å². The van der Waals surface area contributed by atoms with E-state index in [1.807, 2.05) is 22.8 Å². The summed E-state index contributed by atoms with van der Waals surface area (Å²) in [6.07, 6.45) is 7.48. The van der Waals surface area contributed by atoms with Gasteiger partial charge in [-0.2, -0.15) is 4.98 Å². The minimum Gasteiger partial charge on any atom is -0.493 e. The number of methoxy groups -OCH3 is 2. The van der Waals surface area contributed by atoms with Crippen molar-refractivity contribution in [2.24, 2.45) is 0 Å². The lowest BCUT2D eigenvalue weighted by Crippen LogP contribution is -2.20. The van der Waals surface area contributed by atoms with Crippen molar-refractivity contribution in [2.75, 3.05) is 25.7 Å². The molecule has 0 atom stereocenters. The standard InChI is InChI=1S/C30H29N5O5/c1-39-25-14-18(12-20-15-33-30(32)34-28(20)31)11-19(27(25)40-2)9-7-17-8-10-22-24(13-17)35(21-5-3-4-6-21)16-23(26(22)36)29(37)38/h8,10-11,13-16,21H,3-6,12H2,1-2H3,(H,37,38)(H4,31,32,33,34). The number of nitrogens with two attached hydrogens (primary N) is 2. The number of fused-ring (bicyclic) bond motifs is 1. The number of hydrogen-bond donors (Lipinski definition) is 3. The molecule has 10 nitrogen and oxygen atoms in total. The molecule has 0 saturated heterocycles. The maximum absolute atomic E-state index is 12.9. The lowest BCUT2D eigenvalue weighted by Gasteiger charge is -2.18. The molecule has 204 valence electrons. The Labute approximate surface area is 230 Å². The summed E-state index contributed by atoms with van der Waals surface area (Å²) in [5.74, 6) is 6.53. The SMILES string of the molecule is COc1cc(Cc2cnc(N)nc2N)cc(C#Cc2ccc3c(=O)c(C(=O)O)cn(C4CCCC4)c3c2)c1OC. The van der Waals surface area contributed by atoms with E-state index < -0.39 is 11.4 Å². The number of hydrogen-bond acceptors (Lipinski definition) is 8. The van der Waals surface area contributed by atoms with Crippen molar-refractivity contribution >= 4 is 28.6 Å². The van der Waals surface area contributed by atoms with Gasteiger partial charge in [-0.05, 0) is 48.7 Å². The van der Waals surface area contributed by atoms with E-state index in [0.717, 1.165) is 31.2 Å². The van der Waals surface area contributed by atoms with Gasteiger partial charge in [-0.15, -0.1) is 0 Å². The van der Waals surface area contributed by atoms with Crippen molar-refractivity contribution in [3.63, 3.8) is 0 Å². The summed E-state index contributed by atoms with van der Waals surface area (Å²) in [5, 5.41) is 9.98. The number of anilines is 2. The molecule has 5 rings (SSSR count). The van der Waals surface area contributed by atoms with Crippen LogP contribution in [0.1, 0.15) is 64.3 Å². The number of nitrogens with zero attached hydrogens (tertiary/aromatic N) is 3. The molecule has 2 heterocycles. The van der Waals surface area contributed by atoms with Gasteiger partial charge < -0.3 is 30.6 Å². The Bertz CT molecular complexity index is 1750. The predicted molar refractivity (Wildman–Crippen MR) is 152 cm³/mol. The van der Waals surface area contributed by atoms with E-state index >= 15 is 0 Å². The molecule has 4 aromatic rings. The van der Waals surface area contributed by atoms with Gasteiger partial charge in [0.05, 0.1) is 25.3 Å². The Morgan fingerprint density at radius 3 is 2.58 bits per heavy atom. The van der Waals surface area contributed by atoms with E-state index in [0.29, 0.717) is 51.3 Å². The van der Waals surface area contributed by atoms with Crippen LogP contribution in [0.4, 0.5) is 11.8 Å². The summed E-state index contributed by atoms with van der Waals surface area (Å²) in [4.78, 5) is 32.8. The molecule has 0 amide bonds. The van der Waals surface area contributed by atoms with Crippen molar-refractivity contribution in [1.82, 2.24) is 14.5 Å². The number of benzene rings is 2. The smallest absolute Gasteiger partial charge is 0.341 e. The molecule has 2 aromatic carbocycles. The van der Waals surface area contributed by atoms with Crippen LogP contribution in [-0.4, -0.2) is 39.8 Å². The average Bonchev–Trinajstić information content (AvgIpc) is 3.48. The van der Waals surface area contributed by atoms with E-state index in [9.17, 15) is 14.7 Å². The van der Waals surface area contributed by atoms with Gasteiger partial charge in [-0.3, -0.25) is 4.79 Å². The topological polar surface area (TPSA) is 156 Å². The zero-order chi connectivity index (χ0) is 28.4. The maximum atomic E-state index is 12.9. The minimum absolute atomic E-state index is 0.105. The van der Waals surface area contributed by atoms with Gasteiger partial charge in [-0.25, -0.2) is 9.78 Å². The lowest BCUT2D eigenvalue weighted by atomic mass is 10.0. The minimum atomic E-state index is -1.23. The molecule has 2 aromatic heterocycles. The van der Waals surface area contributed by atoms with Crippen molar-refractivity contribution in [2.45, 2.75) is 38.1 Å². The Balaban J connectivity index is 1.59. The lowest BCUT2D eigenvalue weighted by molar-refractivity contribution is 0.0694. The molecular weight excluding hydrogens is 510 g/mol. The first kappa shape index (κ1) is 26.6. The fourth-order valence-corrected chi connectivity index (χ4v) is 5.21. The summed E-state index contributed by atoms with van der Waals surface area (Å²) < 4.78 is 13.1. The quantitative estimate of drug-likeness (QED) is 0.310. The summed E-state index contributed by atoms with van der Waals surface area (Å²) in [6.45, 7) is 0. The highest BCUT2D eigenvalue weighted by atomic mass is 16.5. The van der Waals surface area contributed by atoms with Crippen molar-refractivity contribution in [3.8, 4) is 23.3 Å². The largest absolute Gasteiger partial charge is 0.493 e. The molecule has 40 heavy (non-hydrogen) atoms. The van der Waals surface area contributed by atoms with Gasteiger partial charge in [-0.1, -0.05) is 24.7 Å². The molecule has 0 bridgehead atoms. The Morgan fingerprint density at radius 2 is 1.90 bits per heavy atom. The van der Waals surface area contributed by atoms with Crippen LogP contribution in [-0.2, 0) is 6.42 Å². The van der Waals surface area contributed by atoms with E-state index in [1.54, 1.807) is 32.5 Å². The highest BCUT2D eigenvalue weighted by molar-refractivity contribution is 5.93. The van der Waals surface area contributed by atoms with Gasteiger partial charge >= 0.3 is 5.97 Å². The molecule has 1 aliphatic rings. The van der Waals surface area contributed by atoms with Crippen LogP contribution < -0.4 is 26.4 Å². The van der Waals surface area contributed by atoms with Crippen LogP contribution in [0, 0.1) is 11.8 Å². The third-order valence-electron chi connectivity index (χ3n) is 7.17. The number of carboxylic acids is 1. The second-order valence-corrected chi connectivity index (χ2v) is 9.70. The zero-order valence-corrected chi connectivity index (χ0v) is 22.2. The number of ether oxygens (including phenoxy) is 2. The van der Waals surface area contributed by atoms with Crippen LogP contribution in [0.25, 0.3) is 10.9 Å². The second-order valence-electron chi connectivity index (χ2n) is 9.70. The molecule has 0 radical (unpaired) electrons. The fourth-order valence-electron chi connectivity index (χ4n) is 5.21. The molecule has 1 fully saturated rings. The normalized spacial score (nSPS) is 13.2. The van der Waals surface area contributed by atoms with Crippen molar-refractivity contribution in [3.05, 3.63) is 80.8 Å². The van der Waals surface area contributed by atoms with Crippen LogP contribution >= 0.6 is 0 Å². The monoisotopic (exact) mass is 539 g/mol. The number of carboxylic acid groups (broad SMARTS) is 1. The zero-order valence-electron chi connectivity index (χ0n) is 22.2. The van der Waals surface area contributed by atoms with Crippen LogP contribution in [0.2, 0.25) is 0 Å². The number of carbonyl (C=O) groups is 1. The van der Waals surface area contributed by atoms with Gasteiger partial charge in [0, 0.05) is 41.4 Å². The van der Waals surface area contributed by atoms with E-state index in [2.05, 4.69) is 21.8 Å². The first-order valence-corrected chi connectivity index (χ1v) is 12.8. The van der Waals surface area contributed by atoms with Crippen molar-refractivity contribution in [1.29, 1.82) is 0 Å². The van der Waals surface area contributed by atoms with Gasteiger partial charge in [0.2, 0.25) is 11.4 Å². The molecule has 0 spiro atoms. The first-order chi connectivity index (χ1) is 19.3.